The van der Waals surface area contributed by atoms with Crippen molar-refractivity contribution in [1.82, 2.24) is 15.1 Å². The van der Waals surface area contributed by atoms with Crippen molar-refractivity contribution in [3.8, 4) is 0 Å². The van der Waals surface area contributed by atoms with Gasteiger partial charge in [0.1, 0.15) is 5.69 Å². The first kappa shape index (κ1) is 16.4. The minimum atomic E-state index is -0.0128. The molecular weight excluding hydrogens is 282 g/mol. The van der Waals surface area contributed by atoms with Crippen molar-refractivity contribution in [2.75, 3.05) is 12.3 Å². The fourth-order valence-corrected chi connectivity index (χ4v) is 3.92. The topological polar surface area (TPSA) is 46.9 Å². The van der Waals surface area contributed by atoms with Crippen molar-refractivity contribution >= 4 is 17.7 Å². The summed E-state index contributed by atoms with van der Waals surface area (Å²) in [5.74, 6) is 1.34. The lowest BCUT2D eigenvalue weighted by molar-refractivity contribution is 0.0947. The van der Waals surface area contributed by atoms with Gasteiger partial charge in [0.15, 0.2) is 0 Å². The van der Waals surface area contributed by atoms with Crippen LogP contribution in [-0.4, -0.2) is 33.2 Å². The summed E-state index contributed by atoms with van der Waals surface area (Å²) >= 11 is 2.01. The van der Waals surface area contributed by atoms with Crippen LogP contribution in [0.2, 0.25) is 0 Å². The van der Waals surface area contributed by atoms with Gasteiger partial charge in [0.2, 0.25) is 0 Å². The van der Waals surface area contributed by atoms with Gasteiger partial charge in [-0.05, 0) is 24.8 Å². The van der Waals surface area contributed by atoms with Crippen LogP contribution in [0.3, 0.4) is 0 Å². The predicted molar refractivity (Wildman–Crippen MR) is 89.0 cm³/mol. The molecule has 1 heterocycles. The van der Waals surface area contributed by atoms with E-state index in [-0.39, 0.29) is 5.91 Å². The Bertz CT molecular complexity index is 464. The van der Waals surface area contributed by atoms with Crippen molar-refractivity contribution < 1.29 is 4.79 Å². The molecule has 1 aliphatic carbocycles. The van der Waals surface area contributed by atoms with Crippen LogP contribution in [0, 0.1) is 0 Å². The molecule has 1 aliphatic rings. The predicted octanol–water partition coefficient (Wildman–Crippen LogP) is 3.34. The summed E-state index contributed by atoms with van der Waals surface area (Å²) in [7, 11) is 1.83. The maximum absolute atomic E-state index is 12.2. The number of nitrogens with zero attached hydrogens (tertiary/aromatic N) is 2. The van der Waals surface area contributed by atoms with E-state index in [9.17, 15) is 4.79 Å². The van der Waals surface area contributed by atoms with Gasteiger partial charge in [0.05, 0.1) is 5.69 Å². The van der Waals surface area contributed by atoms with Gasteiger partial charge in [0, 0.05) is 24.6 Å². The lowest BCUT2D eigenvalue weighted by Crippen LogP contribution is -2.28. The van der Waals surface area contributed by atoms with Crippen molar-refractivity contribution in [2.24, 2.45) is 7.05 Å². The molecule has 21 heavy (non-hydrogen) atoms. The van der Waals surface area contributed by atoms with Crippen LogP contribution in [0.25, 0.3) is 0 Å². The quantitative estimate of drug-likeness (QED) is 0.820. The zero-order valence-electron chi connectivity index (χ0n) is 13.4. The van der Waals surface area contributed by atoms with Crippen molar-refractivity contribution in [3.63, 3.8) is 0 Å². The van der Waals surface area contributed by atoms with E-state index < -0.39 is 0 Å². The van der Waals surface area contributed by atoms with Crippen LogP contribution in [0.15, 0.2) is 6.07 Å². The lowest BCUT2D eigenvalue weighted by atomic mass is 10.0. The normalized spacial score (nSPS) is 16.4. The van der Waals surface area contributed by atoms with Gasteiger partial charge in [-0.2, -0.15) is 16.9 Å². The van der Waals surface area contributed by atoms with E-state index in [1.54, 1.807) is 4.68 Å². The zero-order valence-corrected chi connectivity index (χ0v) is 14.2. The van der Waals surface area contributed by atoms with Gasteiger partial charge in [-0.1, -0.05) is 33.1 Å². The molecule has 1 amide bonds. The molecular formula is C16H27N3OS. The first-order valence-electron chi connectivity index (χ1n) is 8.01. The van der Waals surface area contributed by atoms with E-state index in [4.69, 9.17) is 0 Å². The molecule has 0 atom stereocenters. The molecule has 0 saturated heterocycles. The zero-order chi connectivity index (χ0) is 15.2. The second-order valence-electron chi connectivity index (χ2n) is 6.12. The summed E-state index contributed by atoms with van der Waals surface area (Å²) in [5, 5.41) is 8.20. The standard InChI is InChI=1S/C16H27N3OS/c1-12(2)14-11-15(19(3)18-14)16(20)17-9-10-21-13-7-5-4-6-8-13/h11-13H,4-10H2,1-3H3,(H,17,20). The summed E-state index contributed by atoms with van der Waals surface area (Å²) in [6.45, 7) is 4.91. The largest absolute Gasteiger partial charge is 0.350 e. The molecule has 1 fully saturated rings. The fraction of sp³-hybridized carbons (Fsp3) is 0.750. The van der Waals surface area contributed by atoms with Gasteiger partial charge in [0.25, 0.3) is 5.91 Å². The number of amides is 1. The number of carbonyl (C=O) groups excluding carboxylic acids is 1. The summed E-state index contributed by atoms with van der Waals surface area (Å²) in [5.41, 5.74) is 1.63. The Morgan fingerprint density at radius 2 is 2.14 bits per heavy atom. The first-order chi connectivity index (χ1) is 10.1. The number of carbonyl (C=O) groups is 1. The van der Waals surface area contributed by atoms with Gasteiger partial charge in [-0.15, -0.1) is 0 Å². The average Bonchev–Trinajstić information content (AvgIpc) is 2.87. The molecule has 1 N–H and O–H groups in total. The summed E-state index contributed by atoms with van der Waals surface area (Å²) < 4.78 is 1.68. The van der Waals surface area contributed by atoms with E-state index in [2.05, 4.69) is 24.3 Å². The molecule has 1 aromatic rings. The summed E-state index contributed by atoms with van der Waals surface area (Å²) in [6.07, 6.45) is 6.83. The highest BCUT2D eigenvalue weighted by Gasteiger charge is 2.16. The Hall–Kier alpha value is -0.970. The van der Waals surface area contributed by atoms with Crippen LogP contribution in [0.1, 0.15) is 68.1 Å². The maximum Gasteiger partial charge on any atom is 0.269 e. The molecule has 0 bridgehead atoms. The summed E-state index contributed by atoms with van der Waals surface area (Å²) in [6, 6.07) is 1.90. The third kappa shape index (κ3) is 4.77. The van der Waals surface area contributed by atoms with Crippen LogP contribution in [0.5, 0.6) is 0 Å². The number of hydrogen-bond donors (Lipinski definition) is 1. The SMILES string of the molecule is CC(C)c1cc(C(=O)NCCSC2CCCCC2)n(C)n1. The number of rotatable bonds is 6. The Morgan fingerprint density at radius 3 is 2.76 bits per heavy atom. The smallest absolute Gasteiger partial charge is 0.269 e. The number of aromatic nitrogens is 2. The maximum atomic E-state index is 12.2. The van der Waals surface area contributed by atoms with Crippen LogP contribution in [0.4, 0.5) is 0 Å². The molecule has 5 heteroatoms. The Labute approximate surface area is 132 Å². The van der Waals surface area contributed by atoms with Crippen molar-refractivity contribution in [2.45, 2.75) is 57.1 Å². The molecule has 0 aromatic carbocycles. The minimum absolute atomic E-state index is 0.0128. The van der Waals surface area contributed by atoms with E-state index in [1.807, 2.05) is 24.9 Å². The van der Waals surface area contributed by atoms with E-state index in [1.165, 1.54) is 32.1 Å². The molecule has 2 rings (SSSR count). The number of hydrogen-bond acceptors (Lipinski definition) is 3. The highest BCUT2D eigenvalue weighted by molar-refractivity contribution is 7.99. The van der Waals surface area contributed by atoms with E-state index >= 15 is 0 Å². The highest BCUT2D eigenvalue weighted by atomic mass is 32.2. The monoisotopic (exact) mass is 309 g/mol. The second kappa shape index (κ2) is 7.87. The molecule has 0 unspecified atom stereocenters. The number of thioether (sulfide) groups is 1. The average molecular weight is 309 g/mol. The molecule has 118 valence electrons. The molecule has 4 nitrogen and oxygen atoms in total. The van der Waals surface area contributed by atoms with Gasteiger partial charge in [-0.3, -0.25) is 9.48 Å². The summed E-state index contributed by atoms with van der Waals surface area (Å²) in [4.78, 5) is 12.2. The van der Waals surface area contributed by atoms with Gasteiger partial charge < -0.3 is 5.32 Å². The van der Waals surface area contributed by atoms with Crippen LogP contribution < -0.4 is 5.32 Å². The minimum Gasteiger partial charge on any atom is -0.350 e. The molecule has 0 spiro atoms. The third-order valence-corrected chi connectivity index (χ3v) is 5.40. The highest BCUT2D eigenvalue weighted by Crippen LogP contribution is 2.27. The van der Waals surface area contributed by atoms with Crippen molar-refractivity contribution in [3.05, 3.63) is 17.5 Å². The lowest BCUT2D eigenvalue weighted by Gasteiger charge is -2.20. The van der Waals surface area contributed by atoms with Gasteiger partial charge >= 0.3 is 0 Å². The Balaban J connectivity index is 1.74. The van der Waals surface area contributed by atoms with E-state index in [0.29, 0.717) is 11.6 Å². The Kier molecular flexibility index (Phi) is 6.15. The first-order valence-corrected chi connectivity index (χ1v) is 9.06. The third-order valence-electron chi connectivity index (χ3n) is 4.02. The molecule has 1 aromatic heterocycles. The number of nitrogens with one attached hydrogen (secondary N) is 1. The van der Waals surface area contributed by atoms with Crippen LogP contribution >= 0.6 is 11.8 Å². The second-order valence-corrected chi connectivity index (χ2v) is 7.53. The van der Waals surface area contributed by atoms with Crippen molar-refractivity contribution in [1.29, 1.82) is 0 Å². The van der Waals surface area contributed by atoms with Crippen LogP contribution in [-0.2, 0) is 7.05 Å². The van der Waals surface area contributed by atoms with Gasteiger partial charge in [-0.25, -0.2) is 0 Å². The Morgan fingerprint density at radius 1 is 1.43 bits per heavy atom. The number of aryl methyl sites for hydroxylation is 1. The molecule has 0 radical (unpaired) electrons. The molecule has 0 aliphatic heterocycles. The fourth-order valence-electron chi connectivity index (χ4n) is 2.70. The molecule has 1 saturated carbocycles. The van der Waals surface area contributed by atoms with E-state index in [0.717, 1.165) is 23.2 Å².